The number of nitrogens with one attached hydrogen (secondary N) is 1. The molecule has 1 fully saturated rings. The van der Waals surface area contributed by atoms with Crippen molar-refractivity contribution in [3.8, 4) is 0 Å². The summed E-state index contributed by atoms with van der Waals surface area (Å²) < 4.78 is -0.205. The molecule has 0 spiro atoms. The van der Waals surface area contributed by atoms with Crippen LogP contribution in [0.25, 0.3) is 0 Å². The average molecular weight is 295 g/mol. The smallest absolute Gasteiger partial charge is 0.148 e. The van der Waals surface area contributed by atoms with Gasteiger partial charge in [0.1, 0.15) is 5.78 Å². The van der Waals surface area contributed by atoms with E-state index in [0.29, 0.717) is 5.78 Å². The molecule has 1 atom stereocenters. The molecule has 0 aromatic carbocycles. The molecule has 1 heterocycles. The van der Waals surface area contributed by atoms with E-state index in [4.69, 9.17) is 0 Å². The molecule has 0 aromatic rings. The molecule has 1 N–H and O–H groups in total. The largest absolute Gasteiger partial charge is 0.316 e. The van der Waals surface area contributed by atoms with Crippen LogP contribution >= 0.6 is 22.6 Å². The van der Waals surface area contributed by atoms with Crippen LogP contribution in [0.3, 0.4) is 0 Å². The third-order valence-electron chi connectivity index (χ3n) is 2.71. The Hall–Kier alpha value is 0.360. The van der Waals surface area contributed by atoms with E-state index in [-0.39, 0.29) is 8.84 Å². The summed E-state index contributed by atoms with van der Waals surface area (Å²) in [6, 6.07) is 0. The summed E-state index contributed by atoms with van der Waals surface area (Å²) in [5.74, 6) is 0.374. The minimum absolute atomic E-state index is 0.205. The van der Waals surface area contributed by atoms with E-state index in [0.717, 1.165) is 25.9 Å². The van der Waals surface area contributed by atoms with Crippen LogP contribution in [0, 0.1) is 5.41 Å². The summed E-state index contributed by atoms with van der Waals surface area (Å²) in [6.45, 7) is 8.23. The first-order valence-electron chi connectivity index (χ1n) is 4.76. The normalized spacial score (nSPS) is 29.2. The van der Waals surface area contributed by atoms with Crippen molar-refractivity contribution < 1.29 is 4.79 Å². The van der Waals surface area contributed by atoms with Gasteiger partial charge in [0, 0.05) is 13.0 Å². The van der Waals surface area contributed by atoms with Crippen molar-refractivity contribution in [3.63, 3.8) is 0 Å². The number of Topliss-reactive ketones (excluding diaryl/α,β-unsaturated/α-hetero) is 1. The van der Waals surface area contributed by atoms with Crippen LogP contribution in [0.4, 0.5) is 0 Å². The van der Waals surface area contributed by atoms with Crippen LogP contribution < -0.4 is 5.32 Å². The number of rotatable bonds is 3. The van der Waals surface area contributed by atoms with Crippen molar-refractivity contribution in [2.75, 3.05) is 13.1 Å². The highest BCUT2D eigenvalue weighted by atomic mass is 127. The molecule has 1 unspecified atom stereocenters. The Labute approximate surface area is 94.0 Å². The van der Waals surface area contributed by atoms with Crippen LogP contribution in [0.1, 0.15) is 33.6 Å². The molecular weight excluding hydrogens is 277 g/mol. The maximum absolute atomic E-state index is 11.8. The molecule has 1 aliphatic heterocycles. The number of carbonyl (C=O) groups excluding carboxylic acids is 1. The van der Waals surface area contributed by atoms with E-state index in [1.165, 1.54) is 0 Å². The molecule has 0 radical (unpaired) electrons. The lowest BCUT2D eigenvalue weighted by molar-refractivity contribution is -0.122. The third kappa shape index (κ3) is 3.20. The Morgan fingerprint density at radius 1 is 1.62 bits per heavy atom. The Balaban J connectivity index is 2.53. The standard InChI is InChI=1S/C10H18INO/c1-9(2,11)8(13)6-10(3)4-5-12-7-10/h12H,4-7H2,1-3H3. The first-order valence-corrected chi connectivity index (χ1v) is 5.84. The Kier molecular flexibility index (Phi) is 3.38. The van der Waals surface area contributed by atoms with Gasteiger partial charge >= 0.3 is 0 Å². The zero-order valence-corrected chi connectivity index (χ0v) is 10.8. The van der Waals surface area contributed by atoms with Gasteiger partial charge in [-0.25, -0.2) is 0 Å². The number of alkyl halides is 1. The summed E-state index contributed by atoms with van der Waals surface area (Å²) in [4.78, 5) is 11.8. The molecule has 0 amide bonds. The summed E-state index contributed by atoms with van der Waals surface area (Å²) >= 11 is 2.23. The first kappa shape index (κ1) is 11.4. The zero-order chi connectivity index (χ0) is 10.1. The van der Waals surface area contributed by atoms with Crippen molar-refractivity contribution in [1.29, 1.82) is 0 Å². The van der Waals surface area contributed by atoms with E-state index >= 15 is 0 Å². The summed E-state index contributed by atoms with van der Waals surface area (Å²) in [7, 11) is 0. The van der Waals surface area contributed by atoms with Crippen LogP contribution in [-0.4, -0.2) is 22.3 Å². The Morgan fingerprint density at radius 3 is 2.62 bits per heavy atom. The average Bonchev–Trinajstić information content (AvgIpc) is 2.33. The van der Waals surface area contributed by atoms with E-state index in [1.807, 2.05) is 13.8 Å². The lowest BCUT2D eigenvalue weighted by Crippen LogP contribution is -2.32. The molecule has 0 bridgehead atoms. The summed E-state index contributed by atoms with van der Waals surface area (Å²) in [5, 5.41) is 3.31. The molecule has 3 heteroatoms. The molecule has 76 valence electrons. The molecule has 2 nitrogen and oxygen atoms in total. The SMILES string of the molecule is CC1(CC(=O)C(C)(C)I)CCNC1. The van der Waals surface area contributed by atoms with Gasteiger partial charge in [-0.15, -0.1) is 0 Å². The van der Waals surface area contributed by atoms with E-state index in [1.54, 1.807) is 0 Å². The maximum Gasteiger partial charge on any atom is 0.148 e. The fourth-order valence-corrected chi connectivity index (χ4v) is 1.81. The highest BCUT2D eigenvalue weighted by molar-refractivity contribution is 14.1. The molecule has 1 saturated heterocycles. The second kappa shape index (κ2) is 3.85. The van der Waals surface area contributed by atoms with E-state index in [9.17, 15) is 4.79 Å². The molecule has 1 aliphatic rings. The topological polar surface area (TPSA) is 29.1 Å². The maximum atomic E-state index is 11.8. The minimum atomic E-state index is -0.205. The zero-order valence-electron chi connectivity index (χ0n) is 8.61. The second-order valence-electron chi connectivity index (χ2n) is 4.81. The molecule has 1 rings (SSSR count). The highest BCUT2D eigenvalue weighted by Crippen LogP contribution is 2.32. The number of ketones is 1. The van der Waals surface area contributed by atoms with Gasteiger partial charge in [-0.3, -0.25) is 4.79 Å². The van der Waals surface area contributed by atoms with E-state index in [2.05, 4.69) is 34.8 Å². The summed E-state index contributed by atoms with van der Waals surface area (Å²) in [6.07, 6.45) is 1.85. The minimum Gasteiger partial charge on any atom is -0.316 e. The van der Waals surface area contributed by atoms with Gasteiger partial charge in [0.25, 0.3) is 0 Å². The van der Waals surface area contributed by atoms with Crippen molar-refractivity contribution >= 4 is 28.4 Å². The molecule has 0 saturated carbocycles. The van der Waals surface area contributed by atoms with Gasteiger partial charge in [-0.1, -0.05) is 29.5 Å². The predicted molar refractivity (Wildman–Crippen MR) is 63.3 cm³/mol. The first-order chi connectivity index (χ1) is 5.83. The molecule has 0 aromatic heterocycles. The molecule has 13 heavy (non-hydrogen) atoms. The van der Waals surface area contributed by atoms with Crippen LogP contribution in [0.5, 0.6) is 0 Å². The lowest BCUT2D eigenvalue weighted by Gasteiger charge is -2.25. The predicted octanol–water partition coefficient (Wildman–Crippen LogP) is 2.16. The monoisotopic (exact) mass is 295 g/mol. The fraction of sp³-hybridized carbons (Fsp3) is 0.900. The van der Waals surface area contributed by atoms with Gasteiger partial charge in [-0.05, 0) is 32.2 Å². The third-order valence-corrected chi connectivity index (χ3v) is 3.31. The Morgan fingerprint density at radius 2 is 2.23 bits per heavy atom. The van der Waals surface area contributed by atoms with Crippen LogP contribution in [0.15, 0.2) is 0 Å². The van der Waals surface area contributed by atoms with Crippen LogP contribution in [0.2, 0.25) is 0 Å². The lowest BCUT2D eigenvalue weighted by atomic mass is 9.82. The second-order valence-corrected chi connectivity index (χ2v) is 7.51. The van der Waals surface area contributed by atoms with Crippen molar-refractivity contribution in [1.82, 2.24) is 5.32 Å². The summed E-state index contributed by atoms with van der Waals surface area (Å²) in [5.41, 5.74) is 0.208. The van der Waals surface area contributed by atoms with Gasteiger partial charge in [-0.2, -0.15) is 0 Å². The highest BCUT2D eigenvalue weighted by Gasteiger charge is 2.35. The quantitative estimate of drug-likeness (QED) is 0.638. The number of hydrogen-bond acceptors (Lipinski definition) is 2. The van der Waals surface area contributed by atoms with Gasteiger partial charge in [0.15, 0.2) is 0 Å². The van der Waals surface area contributed by atoms with Gasteiger partial charge in [0.05, 0.1) is 3.42 Å². The van der Waals surface area contributed by atoms with Crippen molar-refractivity contribution in [3.05, 3.63) is 0 Å². The molecular formula is C10H18INO. The fourth-order valence-electron chi connectivity index (χ4n) is 1.62. The number of hydrogen-bond donors (Lipinski definition) is 1. The Bertz CT molecular complexity index is 201. The van der Waals surface area contributed by atoms with Gasteiger partial charge < -0.3 is 5.32 Å². The van der Waals surface area contributed by atoms with Crippen LogP contribution in [-0.2, 0) is 4.79 Å². The number of halogens is 1. The van der Waals surface area contributed by atoms with Crippen molar-refractivity contribution in [2.24, 2.45) is 5.41 Å². The van der Waals surface area contributed by atoms with Gasteiger partial charge in [0.2, 0.25) is 0 Å². The van der Waals surface area contributed by atoms with Crippen molar-refractivity contribution in [2.45, 2.75) is 37.0 Å². The van der Waals surface area contributed by atoms with E-state index < -0.39 is 0 Å². The number of carbonyl (C=O) groups is 1. The molecule has 0 aliphatic carbocycles.